The standard InChI is InChI=1S/C15H30N2/c1-4-17(14-8-6-10-16-12-14)13-7-5-9-15(2,3)11-13/h13-14,16H,4-12H2,1-3H3. The molecule has 17 heavy (non-hydrogen) atoms. The van der Waals surface area contributed by atoms with Crippen LogP contribution in [0.1, 0.15) is 59.3 Å². The smallest absolute Gasteiger partial charge is 0.0223 e. The molecule has 1 heterocycles. The summed E-state index contributed by atoms with van der Waals surface area (Å²) in [5.41, 5.74) is 0.568. The van der Waals surface area contributed by atoms with Crippen LogP contribution in [0, 0.1) is 5.41 Å². The maximum atomic E-state index is 3.57. The lowest BCUT2D eigenvalue weighted by Gasteiger charge is -2.45. The van der Waals surface area contributed by atoms with Crippen molar-refractivity contribution in [3.05, 3.63) is 0 Å². The molecule has 0 amide bonds. The van der Waals surface area contributed by atoms with Crippen LogP contribution in [-0.2, 0) is 0 Å². The molecule has 2 aliphatic rings. The lowest BCUT2D eigenvalue weighted by atomic mass is 9.74. The highest BCUT2D eigenvalue weighted by Gasteiger charge is 2.33. The summed E-state index contributed by atoms with van der Waals surface area (Å²) in [6, 6.07) is 1.64. The van der Waals surface area contributed by atoms with Crippen molar-refractivity contribution in [2.45, 2.75) is 71.4 Å². The molecule has 0 aromatic carbocycles. The van der Waals surface area contributed by atoms with Crippen molar-refractivity contribution in [3.63, 3.8) is 0 Å². The van der Waals surface area contributed by atoms with E-state index in [1.54, 1.807) is 0 Å². The Bertz CT molecular complexity index is 231. The molecular weight excluding hydrogens is 208 g/mol. The van der Waals surface area contributed by atoms with Gasteiger partial charge < -0.3 is 5.32 Å². The van der Waals surface area contributed by atoms with E-state index in [0.29, 0.717) is 5.41 Å². The minimum Gasteiger partial charge on any atom is -0.315 e. The molecule has 100 valence electrons. The predicted octanol–water partition coefficient (Wildman–Crippen LogP) is 3.03. The fourth-order valence-corrected chi connectivity index (χ4v) is 3.87. The van der Waals surface area contributed by atoms with Crippen molar-refractivity contribution >= 4 is 0 Å². The summed E-state index contributed by atoms with van der Waals surface area (Å²) in [5.74, 6) is 0. The Morgan fingerprint density at radius 2 is 1.94 bits per heavy atom. The van der Waals surface area contributed by atoms with Gasteiger partial charge >= 0.3 is 0 Å². The molecule has 0 aromatic heterocycles. The first-order valence-electron chi connectivity index (χ1n) is 7.59. The van der Waals surface area contributed by atoms with Crippen LogP contribution in [0.4, 0.5) is 0 Å². The second kappa shape index (κ2) is 5.71. The number of nitrogens with zero attached hydrogens (tertiary/aromatic N) is 1. The Hall–Kier alpha value is -0.0800. The Morgan fingerprint density at radius 1 is 1.18 bits per heavy atom. The fourth-order valence-electron chi connectivity index (χ4n) is 3.87. The minimum absolute atomic E-state index is 0.568. The van der Waals surface area contributed by atoms with E-state index in [1.165, 1.54) is 58.2 Å². The second-order valence-corrected chi connectivity index (χ2v) is 6.75. The molecule has 0 bridgehead atoms. The van der Waals surface area contributed by atoms with Gasteiger partial charge in [-0.25, -0.2) is 0 Å². The molecule has 2 rings (SSSR count). The number of piperidine rings is 1. The van der Waals surface area contributed by atoms with Crippen molar-refractivity contribution in [2.24, 2.45) is 5.41 Å². The van der Waals surface area contributed by atoms with Crippen LogP contribution in [0.3, 0.4) is 0 Å². The van der Waals surface area contributed by atoms with Crippen molar-refractivity contribution in [3.8, 4) is 0 Å². The highest BCUT2D eigenvalue weighted by atomic mass is 15.2. The lowest BCUT2D eigenvalue weighted by molar-refractivity contribution is 0.0548. The number of hydrogen-bond acceptors (Lipinski definition) is 2. The van der Waals surface area contributed by atoms with Gasteiger partial charge in [0.2, 0.25) is 0 Å². The second-order valence-electron chi connectivity index (χ2n) is 6.75. The van der Waals surface area contributed by atoms with E-state index in [0.717, 1.165) is 12.1 Å². The van der Waals surface area contributed by atoms with Crippen molar-refractivity contribution in [1.29, 1.82) is 0 Å². The number of likely N-dealkylation sites (N-methyl/N-ethyl adjacent to an activating group) is 1. The van der Waals surface area contributed by atoms with Gasteiger partial charge in [0.1, 0.15) is 0 Å². The zero-order valence-corrected chi connectivity index (χ0v) is 12.0. The first-order valence-corrected chi connectivity index (χ1v) is 7.59. The van der Waals surface area contributed by atoms with E-state index >= 15 is 0 Å². The summed E-state index contributed by atoms with van der Waals surface area (Å²) in [6.07, 6.45) is 8.43. The Kier molecular flexibility index (Phi) is 4.48. The van der Waals surface area contributed by atoms with Crippen molar-refractivity contribution < 1.29 is 0 Å². The highest BCUT2D eigenvalue weighted by Crippen LogP contribution is 2.38. The molecule has 2 unspecified atom stereocenters. The van der Waals surface area contributed by atoms with Crippen LogP contribution in [0.15, 0.2) is 0 Å². The van der Waals surface area contributed by atoms with Gasteiger partial charge in [0.25, 0.3) is 0 Å². The number of nitrogens with one attached hydrogen (secondary N) is 1. The summed E-state index contributed by atoms with van der Waals surface area (Å²) in [4.78, 5) is 2.80. The summed E-state index contributed by atoms with van der Waals surface area (Å²) >= 11 is 0. The molecule has 1 saturated heterocycles. The van der Waals surface area contributed by atoms with E-state index in [2.05, 4.69) is 31.0 Å². The third-order valence-electron chi connectivity index (χ3n) is 4.75. The molecule has 2 heteroatoms. The average molecular weight is 238 g/mol. The van der Waals surface area contributed by atoms with E-state index in [1.807, 2.05) is 0 Å². The van der Waals surface area contributed by atoms with Crippen molar-refractivity contribution in [1.82, 2.24) is 10.2 Å². The van der Waals surface area contributed by atoms with Crippen LogP contribution < -0.4 is 5.32 Å². The summed E-state index contributed by atoms with van der Waals surface area (Å²) in [6.45, 7) is 10.9. The third kappa shape index (κ3) is 3.45. The van der Waals surface area contributed by atoms with E-state index in [-0.39, 0.29) is 0 Å². The lowest BCUT2D eigenvalue weighted by Crippen LogP contribution is -2.52. The van der Waals surface area contributed by atoms with Crippen LogP contribution in [0.2, 0.25) is 0 Å². The van der Waals surface area contributed by atoms with Crippen molar-refractivity contribution in [2.75, 3.05) is 19.6 Å². The van der Waals surface area contributed by atoms with Gasteiger partial charge in [-0.15, -0.1) is 0 Å². The largest absolute Gasteiger partial charge is 0.315 e. The third-order valence-corrected chi connectivity index (χ3v) is 4.75. The van der Waals surface area contributed by atoms with Crippen LogP contribution in [0.5, 0.6) is 0 Å². The molecular formula is C15H30N2. The molecule has 1 N–H and O–H groups in total. The van der Waals surface area contributed by atoms with Crippen LogP contribution in [0.25, 0.3) is 0 Å². The maximum Gasteiger partial charge on any atom is 0.0223 e. The van der Waals surface area contributed by atoms with E-state index in [4.69, 9.17) is 0 Å². The van der Waals surface area contributed by atoms with Gasteiger partial charge in [-0.05, 0) is 50.6 Å². The highest BCUT2D eigenvalue weighted by molar-refractivity contribution is 4.89. The zero-order valence-electron chi connectivity index (χ0n) is 12.0. The Morgan fingerprint density at radius 3 is 2.53 bits per heavy atom. The van der Waals surface area contributed by atoms with Crippen LogP contribution >= 0.6 is 0 Å². The Balaban J connectivity index is 1.96. The van der Waals surface area contributed by atoms with Gasteiger partial charge in [-0.3, -0.25) is 4.90 Å². The molecule has 2 nitrogen and oxygen atoms in total. The monoisotopic (exact) mass is 238 g/mol. The molecule has 0 aromatic rings. The fraction of sp³-hybridized carbons (Fsp3) is 1.00. The van der Waals surface area contributed by atoms with Gasteiger partial charge in [0.15, 0.2) is 0 Å². The molecule has 2 fully saturated rings. The topological polar surface area (TPSA) is 15.3 Å². The normalized spacial score (nSPS) is 33.9. The molecule has 1 aliphatic carbocycles. The molecule has 0 spiro atoms. The quantitative estimate of drug-likeness (QED) is 0.813. The number of hydrogen-bond donors (Lipinski definition) is 1. The zero-order chi connectivity index (χ0) is 12.3. The average Bonchev–Trinajstić information content (AvgIpc) is 2.30. The van der Waals surface area contributed by atoms with E-state index < -0.39 is 0 Å². The van der Waals surface area contributed by atoms with Gasteiger partial charge in [-0.2, -0.15) is 0 Å². The summed E-state index contributed by atoms with van der Waals surface area (Å²) in [7, 11) is 0. The molecule has 1 saturated carbocycles. The number of rotatable bonds is 3. The maximum absolute atomic E-state index is 3.57. The molecule has 0 radical (unpaired) electrons. The first-order chi connectivity index (χ1) is 8.12. The van der Waals surface area contributed by atoms with Gasteiger partial charge in [-0.1, -0.05) is 27.2 Å². The summed E-state index contributed by atoms with van der Waals surface area (Å²) in [5, 5.41) is 3.57. The predicted molar refractivity (Wildman–Crippen MR) is 74.3 cm³/mol. The molecule has 2 atom stereocenters. The van der Waals surface area contributed by atoms with Gasteiger partial charge in [0, 0.05) is 18.6 Å². The molecule has 1 aliphatic heterocycles. The Labute approximate surface area is 107 Å². The van der Waals surface area contributed by atoms with Gasteiger partial charge in [0.05, 0.1) is 0 Å². The minimum atomic E-state index is 0.568. The van der Waals surface area contributed by atoms with Crippen LogP contribution in [-0.4, -0.2) is 36.6 Å². The summed E-state index contributed by atoms with van der Waals surface area (Å²) < 4.78 is 0. The SMILES string of the molecule is CCN(C1CCCNC1)C1CCCC(C)(C)C1. The van der Waals surface area contributed by atoms with E-state index in [9.17, 15) is 0 Å². The first kappa shape index (κ1) is 13.4.